The van der Waals surface area contributed by atoms with Crippen LogP contribution in [0.25, 0.3) is 0 Å². The Balaban J connectivity index is 2.29. The Morgan fingerprint density at radius 1 is 1.63 bits per heavy atom. The van der Waals surface area contributed by atoms with Crippen molar-refractivity contribution in [1.29, 1.82) is 0 Å². The van der Waals surface area contributed by atoms with Crippen molar-refractivity contribution in [3.63, 3.8) is 0 Å². The Bertz CT molecular complexity index is 454. The fourth-order valence-corrected chi connectivity index (χ4v) is 3.62. The van der Waals surface area contributed by atoms with Gasteiger partial charge in [-0.25, -0.2) is 11.3 Å². The topological polar surface area (TPSA) is 117 Å². The third kappa shape index (κ3) is 6.80. The summed E-state index contributed by atoms with van der Waals surface area (Å²) < 4.78 is 5.23. The van der Waals surface area contributed by atoms with E-state index in [9.17, 15) is 4.79 Å². The lowest BCUT2D eigenvalue weighted by atomic mass is 10.5. The van der Waals surface area contributed by atoms with E-state index in [2.05, 4.69) is 20.7 Å². The molecule has 0 saturated heterocycles. The number of halogens is 1. The molecule has 106 valence electrons. The summed E-state index contributed by atoms with van der Waals surface area (Å²) in [5.41, 5.74) is 7.68. The van der Waals surface area contributed by atoms with Crippen LogP contribution in [-0.4, -0.2) is 29.2 Å². The highest BCUT2D eigenvalue weighted by atomic mass is 79.9. The van der Waals surface area contributed by atoms with Crippen molar-refractivity contribution >= 4 is 45.1 Å². The van der Waals surface area contributed by atoms with E-state index in [-0.39, 0.29) is 6.54 Å². The predicted molar refractivity (Wildman–Crippen MR) is 79.0 cm³/mol. The van der Waals surface area contributed by atoms with Gasteiger partial charge >= 0.3 is 0 Å². The SMILES string of the molecule is N/C(=C\N(N)CC(=O)NO)CNSc1ccc(Br)s1. The van der Waals surface area contributed by atoms with Crippen LogP contribution in [0.2, 0.25) is 0 Å². The summed E-state index contributed by atoms with van der Waals surface area (Å²) in [6, 6.07) is 3.94. The Hall–Kier alpha value is -0.780. The number of nitrogens with one attached hydrogen (secondary N) is 2. The van der Waals surface area contributed by atoms with Crippen LogP contribution >= 0.6 is 39.2 Å². The number of carbonyl (C=O) groups is 1. The van der Waals surface area contributed by atoms with Crippen LogP contribution in [0.3, 0.4) is 0 Å². The summed E-state index contributed by atoms with van der Waals surface area (Å²) in [6.07, 6.45) is 1.42. The molecule has 7 N–H and O–H groups in total. The zero-order chi connectivity index (χ0) is 14.3. The number of hydrazine groups is 1. The second-order valence-corrected chi connectivity index (χ2v) is 7.05. The molecule has 10 heteroatoms. The Morgan fingerprint density at radius 2 is 2.37 bits per heavy atom. The lowest BCUT2D eigenvalue weighted by Crippen LogP contribution is -2.37. The van der Waals surface area contributed by atoms with Crippen LogP contribution in [0, 0.1) is 0 Å². The van der Waals surface area contributed by atoms with Crippen LogP contribution < -0.4 is 21.8 Å². The van der Waals surface area contributed by atoms with E-state index in [1.807, 2.05) is 12.1 Å². The molecule has 0 atom stereocenters. The maximum absolute atomic E-state index is 10.8. The molecular formula is C9H14BrN5O2S2. The van der Waals surface area contributed by atoms with Gasteiger partial charge in [-0.05, 0) is 40.0 Å². The van der Waals surface area contributed by atoms with Gasteiger partial charge in [0.15, 0.2) is 0 Å². The van der Waals surface area contributed by atoms with E-state index in [0.29, 0.717) is 12.2 Å². The second kappa shape index (κ2) is 8.40. The molecule has 0 aliphatic carbocycles. The molecule has 1 aromatic heterocycles. The zero-order valence-corrected chi connectivity index (χ0v) is 13.0. The highest BCUT2D eigenvalue weighted by molar-refractivity contribution is 9.11. The molecule has 0 saturated carbocycles. The van der Waals surface area contributed by atoms with Crippen molar-refractivity contribution in [1.82, 2.24) is 15.2 Å². The number of thiophene rings is 1. The summed E-state index contributed by atoms with van der Waals surface area (Å²) in [6.45, 7) is 0.233. The normalized spacial score (nSPS) is 11.4. The van der Waals surface area contributed by atoms with E-state index in [1.54, 1.807) is 11.3 Å². The van der Waals surface area contributed by atoms with Gasteiger partial charge in [-0.15, -0.1) is 11.3 Å². The molecule has 0 unspecified atom stereocenters. The Morgan fingerprint density at radius 3 is 2.95 bits per heavy atom. The van der Waals surface area contributed by atoms with Crippen LogP contribution in [-0.2, 0) is 4.79 Å². The lowest BCUT2D eigenvalue weighted by molar-refractivity contribution is -0.129. The summed E-state index contributed by atoms with van der Waals surface area (Å²) in [7, 11) is 0. The number of hydrogen-bond acceptors (Lipinski definition) is 8. The van der Waals surface area contributed by atoms with Crippen LogP contribution in [0.1, 0.15) is 0 Å². The summed E-state index contributed by atoms with van der Waals surface area (Å²) >= 11 is 6.44. The summed E-state index contributed by atoms with van der Waals surface area (Å²) in [5.74, 6) is 4.89. The van der Waals surface area contributed by atoms with Gasteiger partial charge in [0.1, 0.15) is 6.54 Å². The number of carbonyl (C=O) groups excluding carboxylic acids is 1. The van der Waals surface area contributed by atoms with Crippen molar-refractivity contribution in [2.45, 2.75) is 4.21 Å². The molecule has 0 radical (unpaired) electrons. The number of hydrogen-bond donors (Lipinski definition) is 5. The minimum atomic E-state index is -0.614. The standard InChI is InChI=1S/C9H14BrN5O2S2/c10-7-1-2-9(18-7)19-13-3-6(11)4-15(12)5-8(16)14-17/h1-2,4,13,17H,3,5,11-12H2,(H,14,16)/b6-4-. The van der Waals surface area contributed by atoms with Gasteiger partial charge in [0, 0.05) is 18.4 Å². The van der Waals surface area contributed by atoms with Gasteiger partial charge in [-0.1, -0.05) is 0 Å². The fraction of sp³-hybridized carbons (Fsp3) is 0.222. The van der Waals surface area contributed by atoms with Gasteiger partial charge in [0.2, 0.25) is 0 Å². The van der Waals surface area contributed by atoms with E-state index in [4.69, 9.17) is 16.8 Å². The van der Waals surface area contributed by atoms with Crippen molar-refractivity contribution in [3.05, 3.63) is 27.8 Å². The lowest BCUT2D eigenvalue weighted by Gasteiger charge is -2.13. The van der Waals surface area contributed by atoms with E-state index >= 15 is 0 Å². The van der Waals surface area contributed by atoms with Gasteiger partial charge < -0.3 is 10.7 Å². The molecule has 7 nitrogen and oxygen atoms in total. The molecule has 0 aliphatic heterocycles. The maximum atomic E-state index is 10.8. The molecule has 0 aliphatic rings. The number of rotatable bonds is 7. The highest BCUT2D eigenvalue weighted by Crippen LogP contribution is 2.28. The van der Waals surface area contributed by atoms with Gasteiger partial charge in [0.25, 0.3) is 5.91 Å². The Labute approximate surface area is 127 Å². The van der Waals surface area contributed by atoms with Crippen molar-refractivity contribution < 1.29 is 10.0 Å². The second-order valence-electron chi connectivity index (χ2n) is 3.39. The van der Waals surface area contributed by atoms with Crippen LogP contribution in [0.15, 0.2) is 32.0 Å². The van der Waals surface area contributed by atoms with E-state index < -0.39 is 5.91 Å². The van der Waals surface area contributed by atoms with Crippen LogP contribution in [0.4, 0.5) is 0 Å². The smallest absolute Gasteiger partial charge is 0.264 e. The zero-order valence-electron chi connectivity index (χ0n) is 9.80. The molecule has 0 spiro atoms. The Kier molecular flexibility index (Phi) is 7.20. The molecule has 1 aromatic rings. The first-order chi connectivity index (χ1) is 9.01. The monoisotopic (exact) mass is 367 g/mol. The fourth-order valence-electron chi connectivity index (χ4n) is 1.05. The predicted octanol–water partition coefficient (Wildman–Crippen LogP) is 0.588. The van der Waals surface area contributed by atoms with Gasteiger partial charge in [0.05, 0.1) is 8.00 Å². The molecular weight excluding hydrogens is 354 g/mol. The first-order valence-corrected chi connectivity index (χ1v) is 7.49. The number of nitrogens with two attached hydrogens (primary N) is 2. The highest BCUT2D eigenvalue weighted by Gasteiger charge is 2.03. The number of amides is 1. The van der Waals surface area contributed by atoms with E-state index in [1.165, 1.54) is 23.6 Å². The average molecular weight is 368 g/mol. The maximum Gasteiger partial charge on any atom is 0.264 e. The van der Waals surface area contributed by atoms with E-state index in [0.717, 1.165) is 13.0 Å². The minimum absolute atomic E-state index is 0.178. The average Bonchev–Trinajstić information content (AvgIpc) is 2.74. The largest absolute Gasteiger partial charge is 0.400 e. The molecule has 0 bridgehead atoms. The first-order valence-electron chi connectivity index (χ1n) is 5.06. The minimum Gasteiger partial charge on any atom is -0.400 e. The van der Waals surface area contributed by atoms with Gasteiger partial charge in [-0.2, -0.15) is 0 Å². The third-order valence-electron chi connectivity index (χ3n) is 1.78. The summed E-state index contributed by atoms with van der Waals surface area (Å²) in [5, 5.41) is 9.43. The number of nitrogens with zero attached hydrogens (tertiary/aromatic N) is 1. The van der Waals surface area contributed by atoms with Crippen molar-refractivity contribution in [2.24, 2.45) is 11.6 Å². The summed E-state index contributed by atoms with van der Waals surface area (Å²) in [4.78, 5) is 10.8. The molecule has 1 heterocycles. The van der Waals surface area contributed by atoms with Gasteiger partial charge in [-0.3, -0.25) is 14.7 Å². The first kappa shape index (κ1) is 16.3. The number of hydroxylamine groups is 1. The molecule has 1 amide bonds. The molecule has 1 rings (SSSR count). The molecule has 0 aromatic carbocycles. The van der Waals surface area contributed by atoms with Crippen molar-refractivity contribution in [3.8, 4) is 0 Å². The quantitative estimate of drug-likeness (QED) is 0.207. The van der Waals surface area contributed by atoms with Crippen molar-refractivity contribution in [2.75, 3.05) is 13.1 Å². The third-order valence-corrected chi connectivity index (χ3v) is 4.32. The van der Waals surface area contributed by atoms with Crippen LogP contribution in [0.5, 0.6) is 0 Å². The molecule has 19 heavy (non-hydrogen) atoms. The molecule has 0 fully saturated rings.